The van der Waals surface area contributed by atoms with Gasteiger partial charge in [-0.15, -0.1) is 0 Å². The van der Waals surface area contributed by atoms with E-state index in [1.165, 1.54) is 0 Å². The smallest absolute Gasteiger partial charge is 0.288 e. The van der Waals surface area contributed by atoms with E-state index in [1.807, 2.05) is 12.1 Å². The summed E-state index contributed by atoms with van der Waals surface area (Å²) in [4.78, 5) is 25.3. The summed E-state index contributed by atoms with van der Waals surface area (Å²) in [5, 5.41) is 13.6. The first-order chi connectivity index (χ1) is 9.97. The fourth-order valence-electron chi connectivity index (χ4n) is 1.70. The van der Waals surface area contributed by atoms with Crippen LogP contribution in [0.1, 0.15) is 15.9 Å². The highest BCUT2D eigenvalue weighted by molar-refractivity contribution is 5.98. The Morgan fingerprint density at radius 3 is 2.57 bits per heavy atom. The van der Waals surface area contributed by atoms with Crippen molar-refractivity contribution in [3.05, 3.63) is 57.8 Å². The minimum Gasteiger partial charge on any atom is -0.399 e. The maximum Gasteiger partial charge on any atom is 0.288 e. The van der Waals surface area contributed by atoms with Gasteiger partial charge in [-0.2, -0.15) is 0 Å². The van der Waals surface area contributed by atoms with Crippen LogP contribution in [0.3, 0.4) is 0 Å². The van der Waals surface area contributed by atoms with E-state index in [4.69, 9.17) is 11.5 Å². The van der Waals surface area contributed by atoms with Crippen LogP contribution in [0.4, 0.5) is 17.2 Å². The van der Waals surface area contributed by atoms with Crippen LogP contribution in [0, 0.1) is 10.1 Å². The molecule has 0 aliphatic rings. The van der Waals surface area contributed by atoms with Crippen LogP contribution < -0.4 is 16.8 Å². The number of anilines is 2. The molecule has 2 aromatic rings. The lowest BCUT2D eigenvalue weighted by molar-refractivity contribution is -0.385. The topological polar surface area (TPSA) is 137 Å². The number of nitrogen functional groups attached to an aromatic ring is 1. The number of carbonyl (C=O) groups is 1. The summed E-state index contributed by atoms with van der Waals surface area (Å²) in [6.45, 7) is 0.380. The molecule has 0 radical (unpaired) electrons. The number of nitro groups is 1. The SMILES string of the molecule is NC(=O)c1cc([N+](=O)[O-])cnc1NCc1ccc(N)cc1. The van der Waals surface area contributed by atoms with Gasteiger partial charge in [-0.1, -0.05) is 12.1 Å². The highest BCUT2D eigenvalue weighted by atomic mass is 16.6. The molecule has 0 atom stereocenters. The first kappa shape index (κ1) is 14.3. The summed E-state index contributed by atoms with van der Waals surface area (Å²) >= 11 is 0. The van der Waals surface area contributed by atoms with Crippen molar-refractivity contribution in [3.63, 3.8) is 0 Å². The van der Waals surface area contributed by atoms with Gasteiger partial charge in [0.2, 0.25) is 0 Å². The number of nitrogens with one attached hydrogen (secondary N) is 1. The summed E-state index contributed by atoms with van der Waals surface area (Å²) < 4.78 is 0. The number of amides is 1. The molecular formula is C13H13N5O3. The number of rotatable bonds is 5. The van der Waals surface area contributed by atoms with Crippen molar-refractivity contribution in [3.8, 4) is 0 Å². The molecule has 5 N–H and O–H groups in total. The van der Waals surface area contributed by atoms with E-state index in [9.17, 15) is 14.9 Å². The zero-order valence-corrected chi connectivity index (χ0v) is 10.9. The van der Waals surface area contributed by atoms with Crippen molar-refractivity contribution < 1.29 is 9.72 Å². The van der Waals surface area contributed by atoms with Crippen molar-refractivity contribution in [1.82, 2.24) is 4.98 Å². The van der Waals surface area contributed by atoms with E-state index >= 15 is 0 Å². The number of hydrogen-bond donors (Lipinski definition) is 3. The normalized spacial score (nSPS) is 10.1. The lowest BCUT2D eigenvalue weighted by Crippen LogP contribution is -2.16. The van der Waals surface area contributed by atoms with Crippen molar-refractivity contribution in [2.45, 2.75) is 6.54 Å². The van der Waals surface area contributed by atoms with Crippen LogP contribution in [0.2, 0.25) is 0 Å². The van der Waals surface area contributed by atoms with Crippen LogP contribution >= 0.6 is 0 Å². The summed E-state index contributed by atoms with van der Waals surface area (Å²) in [6, 6.07) is 8.22. The number of carbonyl (C=O) groups excluding carboxylic acids is 1. The molecule has 0 spiro atoms. The van der Waals surface area contributed by atoms with E-state index in [-0.39, 0.29) is 17.1 Å². The van der Waals surface area contributed by atoms with Gasteiger partial charge in [-0.05, 0) is 17.7 Å². The molecular weight excluding hydrogens is 274 g/mol. The fraction of sp³-hybridized carbons (Fsp3) is 0.0769. The second kappa shape index (κ2) is 5.87. The van der Waals surface area contributed by atoms with E-state index in [0.29, 0.717) is 12.2 Å². The molecule has 0 saturated heterocycles. The van der Waals surface area contributed by atoms with Gasteiger partial charge in [0.1, 0.15) is 12.0 Å². The first-order valence-corrected chi connectivity index (χ1v) is 6.00. The van der Waals surface area contributed by atoms with Crippen molar-refractivity contribution in [1.29, 1.82) is 0 Å². The Morgan fingerprint density at radius 2 is 2.00 bits per heavy atom. The third-order valence-corrected chi connectivity index (χ3v) is 2.79. The lowest BCUT2D eigenvalue weighted by Gasteiger charge is -2.09. The predicted octanol–water partition coefficient (Wildman–Crippen LogP) is 1.28. The molecule has 0 fully saturated rings. The highest BCUT2D eigenvalue weighted by Crippen LogP contribution is 2.19. The molecule has 0 unspecified atom stereocenters. The predicted molar refractivity (Wildman–Crippen MR) is 77.6 cm³/mol. The van der Waals surface area contributed by atoms with Gasteiger partial charge < -0.3 is 16.8 Å². The molecule has 0 saturated carbocycles. The number of primary amides is 1. The zero-order valence-electron chi connectivity index (χ0n) is 10.9. The van der Waals surface area contributed by atoms with E-state index in [2.05, 4.69) is 10.3 Å². The van der Waals surface area contributed by atoms with Gasteiger partial charge in [0.05, 0.1) is 10.5 Å². The van der Waals surface area contributed by atoms with Crippen molar-refractivity contribution >= 4 is 23.1 Å². The van der Waals surface area contributed by atoms with E-state index in [0.717, 1.165) is 17.8 Å². The zero-order chi connectivity index (χ0) is 15.4. The minimum absolute atomic E-state index is 0.0281. The summed E-state index contributed by atoms with van der Waals surface area (Å²) in [6.07, 6.45) is 1.07. The highest BCUT2D eigenvalue weighted by Gasteiger charge is 2.15. The molecule has 1 aromatic carbocycles. The maximum absolute atomic E-state index is 11.4. The Balaban J connectivity index is 2.21. The number of nitrogens with zero attached hydrogens (tertiary/aromatic N) is 2. The number of nitrogens with two attached hydrogens (primary N) is 2. The number of pyridine rings is 1. The number of hydrogen-bond acceptors (Lipinski definition) is 6. The second-order valence-electron chi connectivity index (χ2n) is 4.31. The van der Waals surface area contributed by atoms with E-state index in [1.54, 1.807) is 12.1 Å². The van der Waals surface area contributed by atoms with Crippen LogP contribution in [0.5, 0.6) is 0 Å². The Hall–Kier alpha value is -3.16. The van der Waals surface area contributed by atoms with Crippen molar-refractivity contribution in [2.24, 2.45) is 5.73 Å². The fourth-order valence-corrected chi connectivity index (χ4v) is 1.70. The Kier molecular flexibility index (Phi) is 3.98. The summed E-state index contributed by atoms with van der Waals surface area (Å²) in [5.41, 5.74) is 12.0. The monoisotopic (exact) mass is 287 g/mol. The second-order valence-corrected chi connectivity index (χ2v) is 4.31. The van der Waals surface area contributed by atoms with Gasteiger partial charge in [0.15, 0.2) is 0 Å². The Bertz CT molecular complexity index is 685. The molecule has 0 aliphatic carbocycles. The van der Waals surface area contributed by atoms with Crippen LogP contribution in [-0.4, -0.2) is 15.8 Å². The lowest BCUT2D eigenvalue weighted by atomic mass is 10.2. The number of aromatic nitrogens is 1. The quantitative estimate of drug-likeness (QED) is 0.430. The Labute approximate surface area is 119 Å². The van der Waals surface area contributed by atoms with Crippen LogP contribution in [0.15, 0.2) is 36.5 Å². The Morgan fingerprint density at radius 1 is 1.33 bits per heavy atom. The molecule has 8 heteroatoms. The third-order valence-electron chi connectivity index (χ3n) is 2.79. The van der Waals surface area contributed by atoms with E-state index < -0.39 is 10.8 Å². The van der Waals surface area contributed by atoms with Gasteiger partial charge in [-0.3, -0.25) is 14.9 Å². The third kappa shape index (κ3) is 3.44. The van der Waals surface area contributed by atoms with Gasteiger partial charge in [-0.25, -0.2) is 4.98 Å². The molecule has 1 aromatic heterocycles. The molecule has 8 nitrogen and oxygen atoms in total. The molecule has 0 bridgehead atoms. The summed E-state index contributed by atoms with van der Waals surface area (Å²) in [5.74, 6) is -0.587. The van der Waals surface area contributed by atoms with Crippen molar-refractivity contribution in [2.75, 3.05) is 11.1 Å². The molecule has 108 valence electrons. The van der Waals surface area contributed by atoms with Gasteiger partial charge in [0.25, 0.3) is 11.6 Å². The standard InChI is InChI=1S/C13H13N5O3/c14-9-3-1-8(2-4-9)6-16-13-11(12(15)19)5-10(7-17-13)18(20)21/h1-5,7H,6,14H2,(H2,15,19)(H,16,17). The van der Waals surface area contributed by atoms with Gasteiger partial charge in [0, 0.05) is 18.3 Å². The van der Waals surface area contributed by atoms with Crippen LogP contribution in [-0.2, 0) is 6.54 Å². The summed E-state index contributed by atoms with van der Waals surface area (Å²) in [7, 11) is 0. The number of benzene rings is 1. The molecule has 1 heterocycles. The molecule has 2 rings (SSSR count). The van der Waals surface area contributed by atoms with Crippen LogP contribution in [0.25, 0.3) is 0 Å². The first-order valence-electron chi connectivity index (χ1n) is 6.00. The maximum atomic E-state index is 11.4. The minimum atomic E-state index is -0.786. The molecule has 21 heavy (non-hydrogen) atoms. The molecule has 1 amide bonds. The molecule has 0 aliphatic heterocycles. The van der Waals surface area contributed by atoms with Gasteiger partial charge >= 0.3 is 0 Å². The average Bonchev–Trinajstić information content (AvgIpc) is 2.46. The largest absolute Gasteiger partial charge is 0.399 e. The average molecular weight is 287 g/mol.